The first-order chi connectivity index (χ1) is 11.2. The van der Waals surface area contributed by atoms with E-state index in [2.05, 4.69) is 55.1 Å². The van der Waals surface area contributed by atoms with Crippen LogP contribution in [0.5, 0.6) is 5.75 Å². The Balaban J connectivity index is 1.67. The number of hydrogen-bond donors (Lipinski definition) is 0. The van der Waals surface area contributed by atoms with Gasteiger partial charge in [0.1, 0.15) is 5.75 Å². The lowest BCUT2D eigenvalue weighted by Crippen LogP contribution is -2.44. The van der Waals surface area contributed by atoms with Gasteiger partial charge in [-0.25, -0.2) is 0 Å². The Hall–Kier alpha value is -1.54. The summed E-state index contributed by atoms with van der Waals surface area (Å²) in [5.41, 5.74) is 1.46. The van der Waals surface area contributed by atoms with E-state index in [-0.39, 0.29) is 0 Å². The highest BCUT2D eigenvalue weighted by molar-refractivity contribution is 5.87. The lowest BCUT2D eigenvalue weighted by molar-refractivity contribution is 0.102. The zero-order valence-corrected chi connectivity index (χ0v) is 14.7. The third kappa shape index (κ3) is 3.69. The third-order valence-electron chi connectivity index (χ3n) is 5.42. The molecule has 0 amide bonds. The minimum atomic E-state index is 0.746. The van der Waals surface area contributed by atoms with Crippen LogP contribution < -0.4 is 4.74 Å². The van der Waals surface area contributed by atoms with E-state index in [1.807, 2.05) is 0 Å². The highest BCUT2D eigenvalue weighted by atomic mass is 16.5. The minimum Gasteiger partial charge on any atom is -0.497 e. The zero-order chi connectivity index (χ0) is 16.2. The summed E-state index contributed by atoms with van der Waals surface area (Å²) in [7, 11) is 1.73. The smallest absolute Gasteiger partial charge is 0.119 e. The Morgan fingerprint density at radius 1 is 1.09 bits per heavy atom. The molecule has 0 saturated carbocycles. The summed E-state index contributed by atoms with van der Waals surface area (Å²) in [5.74, 6) is 0.936. The van der Waals surface area contributed by atoms with Crippen LogP contribution in [-0.4, -0.2) is 30.6 Å². The van der Waals surface area contributed by atoms with Gasteiger partial charge in [0.05, 0.1) is 7.11 Å². The molecule has 1 aliphatic rings. The van der Waals surface area contributed by atoms with Gasteiger partial charge in [0, 0.05) is 12.1 Å². The fourth-order valence-electron chi connectivity index (χ4n) is 4.04. The van der Waals surface area contributed by atoms with Crippen molar-refractivity contribution in [1.29, 1.82) is 0 Å². The van der Waals surface area contributed by atoms with Crippen molar-refractivity contribution in [3.05, 3.63) is 42.0 Å². The minimum absolute atomic E-state index is 0.746. The molecule has 3 rings (SSSR count). The van der Waals surface area contributed by atoms with Crippen molar-refractivity contribution in [1.82, 2.24) is 4.90 Å². The van der Waals surface area contributed by atoms with Gasteiger partial charge in [-0.05, 0) is 74.5 Å². The van der Waals surface area contributed by atoms with Crippen molar-refractivity contribution in [2.45, 2.75) is 58.0 Å². The van der Waals surface area contributed by atoms with Crippen LogP contribution >= 0.6 is 0 Å². The molecule has 2 aromatic rings. The first kappa shape index (κ1) is 16.3. The molecule has 1 fully saturated rings. The fourth-order valence-corrected chi connectivity index (χ4v) is 4.04. The first-order valence-electron chi connectivity index (χ1n) is 9.00. The predicted molar refractivity (Wildman–Crippen MR) is 98.3 cm³/mol. The van der Waals surface area contributed by atoms with E-state index in [0.29, 0.717) is 0 Å². The number of piperidine rings is 1. The molecule has 1 saturated heterocycles. The topological polar surface area (TPSA) is 12.5 Å². The standard InChI is InChI=1S/C21H29NO/c1-16-7-4-8-17(2)22(16)14-6-11-18-9-5-10-19-15-20(23-3)12-13-21(18)19/h5,9-10,12-13,15-17H,4,6-8,11,14H2,1-3H3/t16-,17+. The van der Waals surface area contributed by atoms with Gasteiger partial charge in [-0.2, -0.15) is 0 Å². The molecule has 0 N–H and O–H groups in total. The number of likely N-dealkylation sites (tertiary alicyclic amines) is 1. The van der Waals surface area contributed by atoms with Gasteiger partial charge in [-0.1, -0.05) is 30.7 Å². The molecule has 2 heteroatoms. The lowest BCUT2D eigenvalue weighted by atomic mass is 9.96. The van der Waals surface area contributed by atoms with Crippen LogP contribution in [0, 0.1) is 0 Å². The summed E-state index contributed by atoms with van der Waals surface area (Å²) in [6.07, 6.45) is 6.50. The summed E-state index contributed by atoms with van der Waals surface area (Å²) in [5, 5.41) is 2.65. The second-order valence-electron chi connectivity index (χ2n) is 6.97. The number of nitrogens with zero attached hydrogens (tertiary/aromatic N) is 1. The molecule has 1 heterocycles. The number of fused-ring (bicyclic) bond motifs is 1. The van der Waals surface area contributed by atoms with Gasteiger partial charge in [-0.3, -0.25) is 4.90 Å². The number of hydrogen-bond acceptors (Lipinski definition) is 2. The lowest BCUT2D eigenvalue weighted by Gasteiger charge is -2.39. The molecule has 0 aliphatic carbocycles. The van der Waals surface area contributed by atoms with Gasteiger partial charge in [0.15, 0.2) is 0 Å². The highest BCUT2D eigenvalue weighted by Gasteiger charge is 2.23. The Morgan fingerprint density at radius 2 is 1.87 bits per heavy atom. The van der Waals surface area contributed by atoms with Crippen LogP contribution in [-0.2, 0) is 6.42 Å². The highest BCUT2D eigenvalue weighted by Crippen LogP contribution is 2.26. The quantitative estimate of drug-likeness (QED) is 0.766. The van der Waals surface area contributed by atoms with E-state index in [1.165, 1.54) is 48.6 Å². The molecule has 0 aromatic heterocycles. The van der Waals surface area contributed by atoms with Crippen molar-refractivity contribution in [3.63, 3.8) is 0 Å². The molecule has 0 unspecified atom stereocenters. The molecule has 124 valence electrons. The molecule has 1 aliphatic heterocycles. The maximum atomic E-state index is 5.34. The van der Waals surface area contributed by atoms with Crippen molar-refractivity contribution < 1.29 is 4.74 Å². The zero-order valence-electron chi connectivity index (χ0n) is 14.7. The van der Waals surface area contributed by atoms with E-state index in [1.54, 1.807) is 7.11 Å². The van der Waals surface area contributed by atoms with Crippen LogP contribution in [0.2, 0.25) is 0 Å². The first-order valence-corrected chi connectivity index (χ1v) is 9.00. The molecular formula is C21H29NO. The number of rotatable bonds is 5. The van der Waals surface area contributed by atoms with Gasteiger partial charge < -0.3 is 4.74 Å². The molecule has 2 aromatic carbocycles. The van der Waals surface area contributed by atoms with Crippen molar-refractivity contribution in [2.75, 3.05) is 13.7 Å². The van der Waals surface area contributed by atoms with Crippen molar-refractivity contribution >= 4 is 10.8 Å². The molecule has 2 nitrogen and oxygen atoms in total. The number of ether oxygens (including phenoxy) is 1. The van der Waals surface area contributed by atoms with Crippen molar-refractivity contribution in [3.8, 4) is 5.75 Å². The normalized spacial score (nSPS) is 22.4. The Labute approximate surface area is 140 Å². The van der Waals surface area contributed by atoms with E-state index in [0.717, 1.165) is 24.3 Å². The van der Waals surface area contributed by atoms with Crippen LogP contribution in [0.1, 0.15) is 45.1 Å². The van der Waals surface area contributed by atoms with Gasteiger partial charge in [-0.15, -0.1) is 0 Å². The molecule has 0 bridgehead atoms. The summed E-state index contributed by atoms with van der Waals surface area (Å²) in [6.45, 7) is 5.99. The van der Waals surface area contributed by atoms with E-state index < -0.39 is 0 Å². The summed E-state index contributed by atoms with van der Waals surface area (Å²) >= 11 is 0. The monoisotopic (exact) mass is 311 g/mol. The molecule has 2 atom stereocenters. The summed E-state index contributed by atoms with van der Waals surface area (Å²) in [4.78, 5) is 2.71. The van der Waals surface area contributed by atoms with Gasteiger partial charge in [0.2, 0.25) is 0 Å². The van der Waals surface area contributed by atoms with Gasteiger partial charge >= 0.3 is 0 Å². The van der Waals surface area contributed by atoms with Crippen LogP contribution in [0.25, 0.3) is 10.8 Å². The summed E-state index contributed by atoms with van der Waals surface area (Å²) < 4.78 is 5.34. The van der Waals surface area contributed by atoms with Crippen LogP contribution in [0.4, 0.5) is 0 Å². The van der Waals surface area contributed by atoms with E-state index in [9.17, 15) is 0 Å². The largest absolute Gasteiger partial charge is 0.497 e. The Kier molecular flexibility index (Phi) is 5.22. The average molecular weight is 311 g/mol. The molecule has 0 radical (unpaired) electrons. The fraction of sp³-hybridized carbons (Fsp3) is 0.524. The predicted octanol–water partition coefficient (Wildman–Crippen LogP) is 5.04. The second-order valence-corrected chi connectivity index (χ2v) is 6.97. The second kappa shape index (κ2) is 7.35. The van der Waals surface area contributed by atoms with Crippen LogP contribution in [0.3, 0.4) is 0 Å². The average Bonchev–Trinajstić information content (AvgIpc) is 2.57. The van der Waals surface area contributed by atoms with Gasteiger partial charge in [0.25, 0.3) is 0 Å². The Morgan fingerprint density at radius 3 is 2.61 bits per heavy atom. The third-order valence-corrected chi connectivity index (χ3v) is 5.42. The summed E-state index contributed by atoms with van der Waals surface area (Å²) in [6, 6.07) is 14.5. The number of aryl methyl sites for hydroxylation is 1. The number of methoxy groups -OCH3 is 1. The number of benzene rings is 2. The molecular weight excluding hydrogens is 282 g/mol. The maximum Gasteiger partial charge on any atom is 0.119 e. The Bertz CT molecular complexity index is 641. The van der Waals surface area contributed by atoms with Crippen LogP contribution in [0.15, 0.2) is 36.4 Å². The van der Waals surface area contributed by atoms with E-state index >= 15 is 0 Å². The SMILES string of the molecule is COc1ccc2c(CCCN3[C@H](C)CCC[C@@H]3C)cccc2c1. The maximum absolute atomic E-state index is 5.34. The van der Waals surface area contributed by atoms with Crippen molar-refractivity contribution in [2.24, 2.45) is 0 Å². The van der Waals surface area contributed by atoms with E-state index in [4.69, 9.17) is 4.74 Å². The molecule has 23 heavy (non-hydrogen) atoms. The molecule has 0 spiro atoms.